The van der Waals surface area contributed by atoms with Crippen LogP contribution in [0.5, 0.6) is 5.75 Å². The maximum Gasteiger partial charge on any atom is 0.341 e. The number of rotatable bonds is 6. The highest BCUT2D eigenvalue weighted by molar-refractivity contribution is 6.07. The summed E-state index contributed by atoms with van der Waals surface area (Å²) in [4.78, 5) is 29.8. The quantitative estimate of drug-likeness (QED) is 0.443. The van der Waals surface area contributed by atoms with Crippen molar-refractivity contribution in [2.75, 3.05) is 14.2 Å². The van der Waals surface area contributed by atoms with Crippen molar-refractivity contribution < 1.29 is 23.6 Å². The van der Waals surface area contributed by atoms with Gasteiger partial charge in [-0.3, -0.25) is 4.79 Å². The van der Waals surface area contributed by atoms with Gasteiger partial charge < -0.3 is 19.3 Å². The van der Waals surface area contributed by atoms with Crippen LogP contribution in [0.4, 0.5) is 0 Å². The number of benzene rings is 2. The van der Waals surface area contributed by atoms with Crippen molar-refractivity contribution >= 4 is 23.0 Å². The van der Waals surface area contributed by atoms with Crippen LogP contribution in [0.1, 0.15) is 37.5 Å². The van der Waals surface area contributed by atoms with Crippen LogP contribution in [0.25, 0.3) is 22.4 Å². The van der Waals surface area contributed by atoms with Gasteiger partial charge in [0.25, 0.3) is 11.6 Å². The molecule has 0 fully saturated rings. The van der Waals surface area contributed by atoms with Crippen LogP contribution in [0.3, 0.4) is 0 Å². The molecule has 1 N–H and O–H groups in total. The number of carbonyl (C=O) groups is 2. The summed E-state index contributed by atoms with van der Waals surface area (Å²) >= 11 is 0. The molecule has 8 nitrogen and oxygen atoms in total. The second kappa shape index (κ2) is 9.12. The highest BCUT2D eigenvalue weighted by Gasteiger charge is 2.20. The van der Waals surface area contributed by atoms with E-state index < -0.39 is 5.97 Å². The van der Waals surface area contributed by atoms with E-state index in [1.165, 1.54) is 14.2 Å². The zero-order valence-corrected chi connectivity index (χ0v) is 18.8. The lowest BCUT2D eigenvalue weighted by Crippen LogP contribution is -2.23. The Morgan fingerprint density at radius 2 is 1.76 bits per heavy atom. The molecule has 0 aliphatic rings. The van der Waals surface area contributed by atoms with Gasteiger partial charge in [0, 0.05) is 12.1 Å². The first kappa shape index (κ1) is 22.0. The van der Waals surface area contributed by atoms with E-state index in [1.54, 1.807) is 31.2 Å². The number of hydrogen-bond acceptors (Lipinski definition) is 7. The third kappa shape index (κ3) is 4.41. The summed E-state index contributed by atoms with van der Waals surface area (Å²) in [5, 5.41) is 7.45. The number of nitrogens with zero attached hydrogens (tertiary/aromatic N) is 2. The lowest BCUT2D eigenvalue weighted by atomic mass is 10.0. The van der Waals surface area contributed by atoms with Gasteiger partial charge >= 0.3 is 5.97 Å². The van der Waals surface area contributed by atoms with E-state index in [9.17, 15) is 9.59 Å². The highest BCUT2D eigenvalue weighted by Crippen LogP contribution is 2.27. The lowest BCUT2D eigenvalue weighted by molar-refractivity contribution is 0.0597. The van der Waals surface area contributed by atoms with Gasteiger partial charge in [-0.25, -0.2) is 9.78 Å². The summed E-state index contributed by atoms with van der Waals surface area (Å²) in [5.74, 6) is -0.424. The molecule has 1 amide bonds. The highest BCUT2D eigenvalue weighted by atomic mass is 16.5. The van der Waals surface area contributed by atoms with Crippen molar-refractivity contribution in [1.82, 2.24) is 15.5 Å². The predicted molar refractivity (Wildman–Crippen MR) is 122 cm³/mol. The summed E-state index contributed by atoms with van der Waals surface area (Å²) in [6, 6.07) is 14.7. The smallest absolute Gasteiger partial charge is 0.341 e. The topological polar surface area (TPSA) is 104 Å². The summed E-state index contributed by atoms with van der Waals surface area (Å²) in [5.41, 5.74) is 4.90. The molecule has 2 aromatic carbocycles. The van der Waals surface area contributed by atoms with Crippen molar-refractivity contribution in [2.45, 2.75) is 20.4 Å². The zero-order chi connectivity index (χ0) is 23.5. The number of aromatic nitrogens is 2. The minimum absolute atomic E-state index is 0.195. The largest absolute Gasteiger partial charge is 0.496 e. The summed E-state index contributed by atoms with van der Waals surface area (Å²) < 4.78 is 15.4. The summed E-state index contributed by atoms with van der Waals surface area (Å²) in [6.07, 6.45) is 0. The SMILES string of the molecule is COC(=O)c1cc(CNC(=O)c2cc(-c3ccc(C)cc3)nc3onc(C)c23)ccc1OC. The molecule has 4 rings (SSSR count). The Hall–Kier alpha value is -4.20. The fourth-order valence-electron chi connectivity index (χ4n) is 3.56. The number of methoxy groups -OCH3 is 2. The molecule has 168 valence electrons. The normalized spacial score (nSPS) is 10.8. The van der Waals surface area contributed by atoms with Gasteiger partial charge in [0.1, 0.15) is 11.3 Å². The third-order valence-corrected chi connectivity index (χ3v) is 5.33. The van der Waals surface area contributed by atoms with Gasteiger partial charge in [-0.05, 0) is 37.6 Å². The standard InChI is InChI=1S/C25H23N3O5/c1-14-5-8-17(9-6-14)20-12-19(22-15(2)28-33-24(22)27-20)23(29)26-13-16-7-10-21(31-3)18(11-16)25(30)32-4/h5-12H,13H2,1-4H3,(H,26,29). The predicted octanol–water partition coefficient (Wildman–Crippen LogP) is 4.23. The fourth-order valence-corrected chi connectivity index (χ4v) is 3.56. The monoisotopic (exact) mass is 445 g/mol. The molecule has 2 aromatic heterocycles. The van der Waals surface area contributed by atoms with Crippen LogP contribution in [0, 0.1) is 13.8 Å². The van der Waals surface area contributed by atoms with E-state index in [2.05, 4.69) is 15.5 Å². The van der Waals surface area contributed by atoms with Crippen LogP contribution in [-0.2, 0) is 11.3 Å². The number of fused-ring (bicyclic) bond motifs is 1. The molecule has 8 heteroatoms. The number of ether oxygens (including phenoxy) is 2. The number of hydrogen-bond donors (Lipinski definition) is 1. The molecule has 0 atom stereocenters. The molecule has 0 radical (unpaired) electrons. The Morgan fingerprint density at radius 1 is 1.00 bits per heavy atom. The van der Waals surface area contributed by atoms with Crippen LogP contribution in [0.2, 0.25) is 0 Å². The first-order chi connectivity index (χ1) is 15.9. The zero-order valence-electron chi connectivity index (χ0n) is 18.8. The van der Waals surface area contributed by atoms with Gasteiger partial charge in [-0.1, -0.05) is 41.1 Å². The maximum absolute atomic E-state index is 13.2. The molecule has 2 heterocycles. The van der Waals surface area contributed by atoms with E-state index >= 15 is 0 Å². The molecule has 0 unspecified atom stereocenters. The maximum atomic E-state index is 13.2. The molecule has 0 aliphatic heterocycles. The van der Waals surface area contributed by atoms with E-state index in [-0.39, 0.29) is 18.0 Å². The number of pyridine rings is 1. The number of carbonyl (C=O) groups excluding carboxylic acids is 2. The third-order valence-electron chi connectivity index (χ3n) is 5.33. The molecule has 0 bridgehead atoms. The Bertz CT molecular complexity index is 1340. The number of esters is 1. The van der Waals surface area contributed by atoms with Gasteiger partial charge in [-0.15, -0.1) is 0 Å². The first-order valence-corrected chi connectivity index (χ1v) is 10.3. The summed E-state index contributed by atoms with van der Waals surface area (Å²) in [6.45, 7) is 3.96. The second-order valence-electron chi connectivity index (χ2n) is 7.58. The van der Waals surface area contributed by atoms with Crippen LogP contribution >= 0.6 is 0 Å². The Labute approximate surface area is 190 Å². The molecule has 0 spiro atoms. The molecule has 0 saturated carbocycles. The van der Waals surface area contributed by atoms with Crippen molar-refractivity contribution in [1.29, 1.82) is 0 Å². The first-order valence-electron chi connectivity index (χ1n) is 10.3. The van der Waals surface area contributed by atoms with Crippen LogP contribution in [0.15, 0.2) is 53.1 Å². The van der Waals surface area contributed by atoms with Crippen molar-refractivity contribution in [3.63, 3.8) is 0 Å². The van der Waals surface area contributed by atoms with E-state index in [1.807, 2.05) is 31.2 Å². The van der Waals surface area contributed by atoms with Crippen molar-refractivity contribution in [3.05, 3.63) is 76.5 Å². The van der Waals surface area contributed by atoms with Gasteiger partial charge in [-0.2, -0.15) is 0 Å². The van der Waals surface area contributed by atoms with Gasteiger partial charge in [0.15, 0.2) is 0 Å². The minimum atomic E-state index is -0.515. The Morgan fingerprint density at radius 3 is 2.45 bits per heavy atom. The minimum Gasteiger partial charge on any atom is -0.496 e. The van der Waals surface area contributed by atoms with E-state index in [4.69, 9.17) is 14.0 Å². The van der Waals surface area contributed by atoms with Gasteiger partial charge in [0.05, 0.1) is 36.6 Å². The number of amides is 1. The summed E-state index contributed by atoms with van der Waals surface area (Å²) in [7, 11) is 2.78. The van der Waals surface area contributed by atoms with Crippen LogP contribution < -0.4 is 10.1 Å². The average molecular weight is 445 g/mol. The Balaban J connectivity index is 1.65. The Kier molecular flexibility index (Phi) is 6.08. The molecule has 33 heavy (non-hydrogen) atoms. The molecule has 0 aliphatic carbocycles. The van der Waals surface area contributed by atoms with Gasteiger partial charge in [0.2, 0.25) is 0 Å². The molecule has 0 saturated heterocycles. The van der Waals surface area contributed by atoms with Crippen molar-refractivity contribution in [2.24, 2.45) is 0 Å². The molecular weight excluding hydrogens is 422 g/mol. The van der Waals surface area contributed by atoms with Crippen molar-refractivity contribution in [3.8, 4) is 17.0 Å². The fraction of sp³-hybridized carbons (Fsp3) is 0.200. The molecule has 4 aromatic rings. The number of nitrogens with one attached hydrogen (secondary N) is 1. The van der Waals surface area contributed by atoms with E-state index in [0.29, 0.717) is 33.8 Å². The lowest BCUT2D eigenvalue weighted by Gasteiger charge is -2.11. The van der Waals surface area contributed by atoms with Crippen LogP contribution in [-0.4, -0.2) is 36.2 Å². The second-order valence-corrected chi connectivity index (χ2v) is 7.58. The number of aryl methyl sites for hydroxylation is 2. The molecular formula is C25H23N3O5. The average Bonchev–Trinajstić information content (AvgIpc) is 3.22. The van der Waals surface area contributed by atoms with E-state index in [0.717, 1.165) is 16.7 Å².